The molecular formula is C16H20N4O2S. The van der Waals surface area contributed by atoms with Gasteiger partial charge in [-0.1, -0.05) is 36.4 Å². The second-order valence-corrected chi connectivity index (χ2v) is 6.63. The molecule has 23 heavy (non-hydrogen) atoms. The molecule has 0 bridgehead atoms. The molecule has 0 spiro atoms. The summed E-state index contributed by atoms with van der Waals surface area (Å²) >= 11 is 1.42. The Hall–Kier alpha value is -2.02. The van der Waals surface area contributed by atoms with Crippen molar-refractivity contribution < 1.29 is 9.53 Å². The van der Waals surface area contributed by atoms with Gasteiger partial charge in [0.2, 0.25) is 5.95 Å². The zero-order valence-electron chi connectivity index (χ0n) is 13.5. The normalized spacial score (nSPS) is 14.7. The van der Waals surface area contributed by atoms with Gasteiger partial charge in [-0.3, -0.25) is 9.36 Å². The monoisotopic (exact) mass is 332 g/mol. The van der Waals surface area contributed by atoms with Crippen molar-refractivity contribution in [2.24, 2.45) is 0 Å². The van der Waals surface area contributed by atoms with E-state index in [-0.39, 0.29) is 11.2 Å². The Bertz CT molecular complexity index is 699. The van der Waals surface area contributed by atoms with Crippen LogP contribution in [-0.2, 0) is 16.1 Å². The number of anilines is 2. The lowest BCUT2D eigenvalue weighted by molar-refractivity contribution is -0.140. The summed E-state index contributed by atoms with van der Waals surface area (Å²) in [6.07, 6.45) is 0.696. The average Bonchev–Trinajstić information content (AvgIpc) is 3.15. The molecule has 0 fully saturated rings. The third-order valence-electron chi connectivity index (χ3n) is 3.91. The number of fused-ring (bicyclic) bond motifs is 1. The van der Waals surface area contributed by atoms with Gasteiger partial charge in [-0.15, -0.1) is 10.2 Å². The molecule has 0 aliphatic carbocycles. The number of ether oxygens (including phenoxy) is 1. The quantitative estimate of drug-likeness (QED) is 0.620. The maximum Gasteiger partial charge on any atom is 0.319 e. The molecule has 1 unspecified atom stereocenters. The van der Waals surface area contributed by atoms with E-state index in [4.69, 9.17) is 4.74 Å². The molecule has 1 aromatic carbocycles. The Labute approximate surface area is 139 Å². The minimum absolute atomic E-state index is 0.219. The molecule has 1 aliphatic heterocycles. The predicted molar refractivity (Wildman–Crippen MR) is 90.2 cm³/mol. The van der Waals surface area contributed by atoms with Crippen LogP contribution in [0.1, 0.15) is 18.9 Å². The Morgan fingerprint density at radius 3 is 2.70 bits per heavy atom. The Morgan fingerprint density at radius 2 is 2.04 bits per heavy atom. The molecule has 1 aliphatic rings. The van der Waals surface area contributed by atoms with Crippen molar-refractivity contribution in [1.29, 1.82) is 0 Å². The van der Waals surface area contributed by atoms with Crippen molar-refractivity contribution in [3.05, 3.63) is 29.8 Å². The van der Waals surface area contributed by atoms with E-state index in [0.717, 1.165) is 29.9 Å². The van der Waals surface area contributed by atoms with E-state index in [0.29, 0.717) is 6.42 Å². The number of rotatable bonds is 5. The van der Waals surface area contributed by atoms with Crippen LogP contribution in [0.4, 0.5) is 11.6 Å². The van der Waals surface area contributed by atoms with Crippen molar-refractivity contribution in [2.45, 2.75) is 37.2 Å². The molecule has 0 N–H and O–H groups in total. The number of esters is 1. The average molecular weight is 332 g/mol. The summed E-state index contributed by atoms with van der Waals surface area (Å²) in [5.41, 5.74) is 2.34. The number of hydrogen-bond donors (Lipinski definition) is 0. The zero-order valence-corrected chi connectivity index (χ0v) is 14.3. The van der Waals surface area contributed by atoms with Gasteiger partial charge in [0.1, 0.15) is 5.25 Å². The molecule has 3 rings (SSSR count). The van der Waals surface area contributed by atoms with Crippen LogP contribution in [-0.4, -0.2) is 39.6 Å². The summed E-state index contributed by atoms with van der Waals surface area (Å²) in [7, 11) is 1.42. The summed E-state index contributed by atoms with van der Waals surface area (Å²) in [5.74, 6) is 0.610. The van der Waals surface area contributed by atoms with Crippen LogP contribution in [0.3, 0.4) is 0 Å². The molecule has 1 aromatic heterocycles. The maximum absolute atomic E-state index is 11.8. The summed E-state index contributed by atoms with van der Waals surface area (Å²) in [6, 6.07) is 8.37. The van der Waals surface area contributed by atoms with Crippen LogP contribution < -0.4 is 4.90 Å². The van der Waals surface area contributed by atoms with Crippen molar-refractivity contribution in [1.82, 2.24) is 14.8 Å². The molecule has 2 heterocycles. The summed E-state index contributed by atoms with van der Waals surface area (Å²) < 4.78 is 6.91. The van der Waals surface area contributed by atoms with Crippen LogP contribution in [0.2, 0.25) is 0 Å². The summed E-state index contributed by atoms with van der Waals surface area (Å²) in [4.78, 5) is 13.9. The van der Waals surface area contributed by atoms with E-state index < -0.39 is 0 Å². The number of benzene rings is 1. The van der Waals surface area contributed by atoms with Crippen molar-refractivity contribution in [3.63, 3.8) is 0 Å². The van der Waals surface area contributed by atoms with Crippen molar-refractivity contribution in [2.75, 3.05) is 18.6 Å². The molecule has 2 aromatic rings. The lowest BCUT2D eigenvalue weighted by Gasteiger charge is -2.15. The van der Waals surface area contributed by atoms with Crippen molar-refractivity contribution >= 4 is 29.4 Å². The maximum atomic E-state index is 11.8. The van der Waals surface area contributed by atoms with Crippen LogP contribution in [0.15, 0.2) is 29.4 Å². The fourth-order valence-electron chi connectivity index (χ4n) is 2.59. The third-order valence-corrected chi connectivity index (χ3v) is 5.24. The number of nitrogens with zero attached hydrogens (tertiary/aromatic N) is 4. The fourth-order valence-corrected chi connectivity index (χ4v) is 3.59. The number of methoxy groups -OCH3 is 1. The first-order valence-electron chi connectivity index (χ1n) is 7.66. The van der Waals surface area contributed by atoms with Gasteiger partial charge in [0.05, 0.1) is 7.11 Å². The first-order chi connectivity index (χ1) is 11.1. The standard InChI is InChI=1S/C16H20N4O2S/c1-4-13(14(21)22-3)23-16-18-17-15-19(9-10-20(15)16)12-7-5-11(2)6-8-12/h5-8,13H,4,9-10H2,1-3H3. The number of aromatic nitrogens is 3. The first-order valence-corrected chi connectivity index (χ1v) is 8.54. The van der Waals surface area contributed by atoms with Gasteiger partial charge in [-0.2, -0.15) is 0 Å². The van der Waals surface area contributed by atoms with Gasteiger partial charge in [0.25, 0.3) is 0 Å². The number of carbonyl (C=O) groups is 1. The highest BCUT2D eigenvalue weighted by molar-refractivity contribution is 8.00. The lowest BCUT2D eigenvalue weighted by atomic mass is 10.2. The van der Waals surface area contributed by atoms with Gasteiger partial charge in [-0.25, -0.2) is 0 Å². The molecule has 0 amide bonds. The number of aryl methyl sites for hydroxylation is 1. The van der Waals surface area contributed by atoms with E-state index in [2.05, 4.69) is 50.9 Å². The fraction of sp³-hybridized carbons (Fsp3) is 0.438. The number of carbonyl (C=O) groups excluding carboxylic acids is 1. The predicted octanol–water partition coefficient (Wildman–Crippen LogP) is 2.78. The van der Waals surface area contributed by atoms with Crippen molar-refractivity contribution in [3.8, 4) is 0 Å². The molecule has 0 saturated carbocycles. The van der Waals surface area contributed by atoms with Gasteiger partial charge in [-0.05, 0) is 25.5 Å². The summed E-state index contributed by atoms with van der Waals surface area (Å²) in [5, 5.41) is 9.10. The molecular weight excluding hydrogens is 312 g/mol. The Balaban J connectivity index is 1.82. The topological polar surface area (TPSA) is 60.2 Å². The van der Waals surface area contributed by atoms with E-state index >= 15 is 0 Å². The van der Waals surface area contributed by atoms with E-state index in [1.165, 1.54) is 24.4 Å². The second-order valence-electron chi connectivity index (χ2n) is 5.46. The summed E-state index contributed by atoms with van der Waals surface area (Å²) in [6.45, 7) is 5.71. The molecule has 6 nitrogen and oxygen atoms in total. The number of hydrogen-bond acceptors (Lipinski definition) is 6. The largest absolute Gasteiger partial charge is 0.468 e. The van der Waals surface area contributed by atoms with Gasteiger partial charge in [0, 0.05) is 18.8 Å². The molecule has 0 saturated heterocycles. The third kappa shape index (κ3) is 3.06. The number of thioether (sulfide) groups is 1. The zero-order chi connectivity index (χ0) is 16.4. The van der Waals surface area contributed by atoms with Crippen LogP contribution in [0.5, 0.6) is 0 Å². The van der Waals surface area contributed by atoms with E-state index in [9.17, 15) is 4.79 Å². The minimum atomic E-state index is -0.248. The van der Waals surface area contributed by atoms with E-state index in [1.54, 1.807) is 0 Å². The SMILES string of the molecule is CCC(Sc1nnc2n1CCN2c1ccc(C)cc1)C(=O)OC. The lowest BCUT2D eigenvalue weighted by Crippen LogP contribution is -2.18. The Kier molecular flexibility index (Phi) is 4.56. The molecule has 0 radical (unpaired) electrons. The van der Waals surface area contributed by atoms with Gasteiger partial charge in [0.15, 0.2) is 5.16 Å². The highest BCUT2D eigenvalue weighted by atomic mass is 32.2. The first kappa shape index (κ1) is 15.9. The second kappa shape index (κ2) is 6.62. The van der Waals surface area contributed by atoms with E-state index in [1.807, 2.05) is 6.92 Å². The highest BCUT2D eigenvalue weighted by Gasteiger charge is 2.29. The minimum Gasteiger partial charge on any atom is -0.468 e. The van der Waals surface area contributed by atoms with Crippen LogP contribution >= 0.6 is 11.8 Å². The smallest absolute Gasteiger partial charge is 0.319 e. The van der Waals surface area contributed by atoms with Crippen LogP contribution in [0.25, 0.3) is 0 Å². The molecule has 7 heteroatoms. The molecule has 1 atom stereocenters. The Morgan fingerprint density at radius 1 is 1.30 bits per heavy atom. The van der Waals surface area contributed by atoms with Crippen LogP contribution in [0, 0.1) is 6.92 Å². The van der Waals surface area contributed by atoms with Gasteiger partial charge < -0.3 is 9.64 Å². The molecule has 122 valence electrons. The highest BCUT2D eigenvalue weighted by Crippen LogP contribution is 2.34. The van der Waals surface area contributed by atoms with Gasteiger partial charge >= 0.3 is 5.97 Å².